The molecule has 1 unspecified atom stereocenters. The number of carbonyl (C=O) groups excluding carboxylic acids is 1. The van der Waals surface area contributed by atoms with Gasteiger partial charge in [0.15, 0.2) is 5.78 Å². The zero-order valence-corrected chi connectivity index (χ0v) is 26.2. The van der Waals surface area contributed by atoms with Crippen LogP contribution in [0.4, 0.5) is 8.78 Å². The average molecular weight is 555 g/mol. The molecule has 3 rings (SSSR count). The Kier molecular flexibility index (Phi) is 14.7. The summed E-state index contributed by atoms with van der Waals surface area (Å²) in [4.78, 5) is 21.2. The quantitative estimate of drug-likeness (QED) is 0.213. The lowest BCUT2D eigenvalue weighted by molar-refractivity contribution is -0.0378. The van der Waals surface area contributed by atoms with Crippen molar-refractivity contribution in [2.24, 2.45) is 11.3 Å². The van der Waals surface area contributed by atoms with Gasteiger partial charge in [-0.15, -0.1) is 11.8 Å². The summed E-state index contributed by atoms with van der Waals surface area (Å²) in [6.07, 6.45) is 11.4. The third kappa shape index (κ3) is 11.0. The molecule has 1 atom stereocenters. The van der Waals surface area contributed by atoms with Crippen molar-refractivity contribution in [1.29, 1.82) is 0 Å². The molecule has 0 N–H and O–H groups in total. The van der Waals surface area contributed by atoms with Crippen molar-refractivity contribution in [1.82, 2.24) is 9.97 Å². The fraction of sp³-hybridized carbons (Fsp3) is 0.774. The van der Waals surface area contributed by atoms with E-state index in [-0.39, 0.29) is 10.7 Å². The molecule has 1 aromatic heterocycles. The number of carbonyl (C=O) groups is 1. The molecule has 4 nitrogen and oxygen atoms in total. The number of aromatic nitrogens is 2. The molecule has 0 aromatic carbocycles. The first-order valence-corrected chi connectivity index (χ1v) is 15.5. The van der Waals surface area contributed by atoms with Crippen LogP contribution in [0.25, 0.3) is 6.08 Å². The average Bonchev–Trinajstić information content (AvgIpc) is 3.67. The van der Waals surface area contributed by atoms with Crippen LogP contribution in [-0.2, 0) is 4.74 Å². The monoisotopic (exact) mass is 554 g/mol. The van der Waals surface area contributed by atoms with Crippen molar-refractivity contribution in [3.8, 4) is 0 Å². The number of thioether (sulfide) groups is 1. The van der Waals surface area contributed by atoms with Gasteiger partial charge in [-0.05, 0) is 65.4 Å². The van der Waals surface area contributed by atoms with Crippen molar-refractivity contribution < 1.29 is 18.3 Å². The molecule has 0 amide bonds. The predicted molar refractivity (Wildman–Crippen MR) is 158 cm³/mol. The molecule has 0 spiro atoms. The Labute approximate surface area is 235 Å². The molecule has 218 valence electrons. The summed E-state index contributed by atoms with van der Waals surface area (Å²) in [6.45, 7) is 18.1. The summed E-state index contributed by atoms with van der Waals surface area (Å²) < 4.78 is 33.8. The molecule has 0 radical (unpaired) electrons. The fourth-order valence-electron chi connectivity index (χ4n) is 4.15. The van der Waals surface area contributed by atoms with Crippen LogP contribution in [0.3, 0.4) is 0 Å². The smallest absolute Gasteiger partial charge is 0.254 e. The molecule has 1 aliphatic heterocycles. The molecule has 7 heteroatoms. The van der Waals surface area contributed by atoms with Gasteiger partial charge < -0.3 is 4.74 Å². The summed E-state index contributed by atoms with van der Waals surface area (Å²) in [7, 11) is 0. The van der Waals surface area contributed by atoms with Crippen molar-refractivity contribution in [2.45, 2.75) is 131 Å². The maximum absolute atomic E-state index is 14.0. The number of hydrogen-bond acceptors (Lipinski definition) is 5. The number of rotatable bonds is 10. The number of nitrogens with zero attached hydrogens (tertiary/aromatic N) is 2. The van der Waals surface area contributed by atoms with Gasteiger partial charge in [-0.3, -0.25) is 9.78 Å². The van der Waals surface area contributed by atoms with Gasteiger partial charge in [0, 0.05) is 19.1 Å². The lowest BCUT2D eigenvalue weighted by atomic mass is 9.90. The zero-order chi connectivity index (χ0) is 29.0. The molecule has 2 aliphatic rings. The van der Waals surface area contributed by atoms with Gasteiger partial charge >= 0.3 is 0 Å². The van der Waals surface area contributed by atoms with E-state index >= 15 is 0 Å². The van der Waals surface area contributed by atoms with Crippen LogP contribution in [0.2, 0.25) is 0 Å². The minimum Gasteiger partial charge on any atom is -0.365 e. The Bertz CT molecular complexity index is 880. The van der Waals surface area contributed by atoms with Gasteiger partial charge in [-0.2, -0.15) is 0 Å². The van der Waals surface area contributed by atoms with Crippen molar-refractivity contribution in [3.05, 3.63) is 28.9 Å². The van der Waals surface area contributed by atoms with E-state index in [4.69, 9.17) is 4.74 Å². The molecular formula is C31H52F2N2O2S. The molecule has 1 saturated heterocycles. The van der Waals surface area contributed by atoms with Crippen molar-refractivity contribution in [3.63, 3.8) is 0 Å². The Morgan fingerprint density at radius 2 is 1.79 bits per heavy atom. The van der Waals surface area contributed by atoms with Gasteiger partial charge in [-0.25, -0.2) is 13.8 Å². The standard InChI is InChI=1S/C24H34F2N2O2S.C4H10.C3H8/c1-16(24(10-11-24)23(5,25)26)12-19-17(2)28-20(13-27-19)21(29)9-7-6-8-18-14-30-22(3,4)31-15-18;1-3-4-2;1-3-2/h12-13,18H,6-11,14-15H2,1-5H3;3-4H2,1-2H3;3H2,1-2H3/b16-12+;;. The Hall–Kier alpha value is -1.34. The highest BCUT2D eigenvalue weighted by Gasteiger charge is 2.59. The summed E-state index contributed by atoms with van der Waals surface area (Å²) in [5.74, 6) is -1.11. The van der Waals surface area contributed by atoms with Crippen LogP contribution in [0.5, 0.6) is 0 Å². The van der Waals surface area contributed by atoms with Gasteiger partial charge in [-0.1, -0.05) is 59.0 Å². The van der Waals surface area contributed by atoms with Crippen LogP contribution in [0.1, 0.15) is 135 Å². The van der Waals surface area contributed by atoms with E-state index < -0.39 is 11.3 Å². The van der Waals surface area contributed by atoms with E-state index in [1.165, 1.54) is 25.5 Å². The topological polar surface area (TPSA) is 52.1 Å². The summed E-state index contributed by atoms with van der Waals surface area (Å²) in [6, 6.07) is 0. The number of alkyl halides is 2. The molecular weight excluding hydrogens is 502 g/mol. The normalized spacial score (nSPS) is 20.0. The fourth-order valence-corrected chi connectivity index (χ4v) is 5.21. The minimum absolute atomic E-state index is 0.0167. The number of unbranched alkanes of at least 4 members (excludes halogenated alkanes) is 2. The summed E-state index contributed by atoms with van der Waals surface area (Å²) in [5.41, 5.74) is 1.09. The zero-order valence-electron chi connectivity index (χ0n) is 25.4. The van der Waals surface area contributed by atoms with E-state index in [1.807, 2.05) is 11.8 Å². The predicted octanol–water partition coefficient (Wildman–Crippen LogP) is 9.71. The molecule has 1 aromatic rings. The van der Waals surface area contributed by atoms with Gasteiger partial charge in [0.25, 0.3) is 5.92 Å². The first kappa shape index (κ1) is 34.7. The van der Waals surface area contributed by atoms with Crippen LogP contribution < -0.4 is 0 Å². The second-order valence-corrected chi connectivity index (χ2v) is 12.9. The molecule has 1 saturated carbocycles. The molecule has 2 heterocycles. The lowest BCUT2D eigenvalue weighted by Gasteiger charge is -2.34. The minimum atomic E-state index is -2.75. The van der Waals surface area contributed by atoms with Crippen LogP contribution in [-0.4, -0.2) is 39.0 Å². The largest absolute Gasteiger partial charge is 0.365 e. The number of halogens is 2. The number of hydrogen-bond donors (Lipinski definition) is 0. The number of allylic oxidation sites excluding steroid dienone is 1. The van der Waals surface area contributed by atoms with Gasteiger partial charge in [0.1, 0.15) is 10.6 Å². The van der Waals surface area contributed by atoms with E-state index in [0.29, 0.717) is 47.8 Å². The van der Waals surface area contributed by atoms with E-state index in [9.17, 15) is 13.6 Å². The first-order chi connectivity index (χ1) is 17.8. The van der Waals surface area contributed by atoms with Crippen LogP contribution in [0.15, 0.2) is 11.8 Å². The van der Waals surface area contributed by atoms with Crippen molar-refractivity contribution >= 4 is 23.6 Å². The number of aryl methyl sites for hydroxylation is 1. The Balaban J connectivity index is 0.000000923. The van der Waals surface area contributed by atoms with E-state index in [0.717, 1.165) is 38.5 Å². The first-order valence-electron chi connectivity index (χ1n) is 14.5. The highest BCUT2D eigenvalue weighted by molar-refractivity contribution is 8.00. The van der Waals surface area contributed by atoms with Crippen LogP contribution >= 0.6 is 11.8 Å². The van der Waals surface area contributed by atoms with Gasteiger partial charge in [0.05, 0.1) is 29.6 Å². The van der Waals surface area contributed by atoms with Crippen molar-refractivity contribution in [2.75, 3.05) is 12.4 Å². The summed E-state index contributed by atoms with van der Waals surface area (Å²) in [5, 5.41) is 0. The second-order valence-electron chi connectivity index (χ2n) is 11.3. The molecule has 38 heavy (non-hydrogen) atoms. The number of ketones is 1. The third-order valence-corrected chi connectivity index (χ3v) is 8.52. The van der Waals surface area contributed by atoms with E-state index in [2.05, 4.69) is 51.5 Å². The van der Waals surface area contributed by atoms with Gasteiger partial charge in [0.2, 0.25) is 0 Å². The highest BCUT2D eigenvalue weighted by atomic mass is 32.2. The highest BCUT2D eigenvalue weighted by Crippen LogP contribution is 2.61. The lowest BCUT2D eigenvalue weighted by Crippen LogP contribution is -2.31. The molecule has 2 fully saturated rings. The number of Topliss-reactive ketones (excluding diaryl/α,β-unsaturated/α-hetero) is 1. The Morgan fingerprint density at radius 1 is 1.18 bits per heavy atom. The molecule has 0 bridgehead atoms. The maximum atomic E-state index is 14.0. The second kappa shape index (κ2) is 16.1. The van der Waals surface area contributed by atoms with Crippen LogP contribution in [0, 0.1) is 18.3 Å². The summed E-state index contributed by atoms with van der Waals surface area (Å²) >= 11 is 1.85. The SMILES string of the molecule is C/C(=C\c1ncc(C(=O)CCCCC2COC(C)(C)SC2)nc1C)C1(C(C)(F)F)CC1.CCC.CCCC. The molecule has 1 aliphatic carbocycles. The number of ether oxygens (including phenoxy) is 1. The third-order valence-electron chi connectivity index (χ3n) is 7.07. The Morgan fingerprint density at radius 3 is 2.24 bits per heavy atom. The van der Waals surface area contributed by atoms with E-state index in [1.54, 1.807) is 19.9 Å². The maximum Gasteiger partial charge on any atom is 0.254 e.